The van der Waals surface area contributed by atoms with Gasteiger partial charge in [-0.1, -0.05) is 57.9 Å². The van der Waals surface area contributed by atoms with Crippen LogP contribution in [0.15, 0.2) is 53.0 Å². The SMILES string of the molecule is C[C@@H](NC(=O)CN[C@H](C)c1ccccc1Cl)c1ccc(Br)cc1. The largest absolute Gasteiger partial charge is 0.348 e. The molecule has 2 N–H and O–H groups in total. The molecule has 0 aliphatic carbocycles. The van der Waals surface area contributed by atoms with Crippen LogP contribution in [0.3, 0.4) is 0 Å². The van der Waals surface area contributed by atoms with Gasteiger partial charge in [-0.15, -0.1) is 0 Å². The Hall–Kier alpha value is -1.36. The average Bonchev–Trinajstić information content (AvgIpc) is 2.53. The number of halogens is 2. The van der Waals surface area contributed by atoms with Crippen LogP contribution in [0, 0.1) is 0 Å². The van der Waals surface area contributed by atoms with Crippen molar-refractivity contribution in [1.82, 2.24) is 10.6 Å². The van der Waals surface area contributed by atoms with Crippen LogP contribution in [0.4, 0.5) is 0 Å². The Kier molecular flexibility index (Phi) is 6.63. The Balaban J connectivity index is 1.85. The summed E-state index contributed by atoms with van der Waals surface area (Å²) in [5.41, 5.74) is 2.06. The summed E-state index contributed by atoms with van der Waals surface area (Å²) in [5.74, 6) is -0.0423. The summed E-state index contributed by atoms with van der Waals surface area (Å²) in [6, 6.07) is 15.5. The van der Waals surface area contributed by atoms with E-state index in [4.69, 9.17) is 11.6 Å². The summed E-state index contributed by atoms with van der Waals surface area (Å²) in [4.78, 5) is 12.1. The minimum atomic E-state index is -0.0423. The van der Waals surface area contributed by atoms with E-state index < -0.39 is 0 Å². The van der Waals surface area contributed by atoms with Gasteiger partial charge in [0, 0.05) is 15.5 Å². The molecule has 2 rings (SSSR count). The molecule has 5 heteroatoms. The summed E-state index contributed by atoms with van der Waals surface area (Å²) >= 11 is 9.57. The molecule has 23 heavy (non-hydrogen) atoms. The molecular formula is C18H20BrClN2O. The van der Waals surface area contributed by atoms with Crippen molar-refractivity contribution in [3.63, 3.8) is 0 Å². The number of rotatable bonds is 6. The zero-order chi connectivity index (χ0) is 16.8. The maximum absolute atomic E-state index is 12.1. The highest BCUT2D eigenvalue weighted by molar-refractivity contribution is 9.10. The molecule has 0 saturated carbocycles. The summed E-state index contributed by atoms with van der Waals surface area (Å²) in [6.45, 7) is 4.21. The minimum Gasteiger partial charge on any atom is -0.348 e. The van der Waals surface area contributed by atoms with Gasteiger partial charge in [0.05, 0.1) is 12.6 Å². The lowest BCUT2D eigenvalue weighted by molar-refractivity contribution is -0.121. The van der Waals surface area contributed by atoms with Crippen molar-refractivity contribution >= 4 is 33.4 Å². The third-order valence-electron chi connectivity index (χ3n) is 3.69. The van der Waals surface area contributed by atoms with Crippen LogP contribution in [0.2, 0.25) is 5.02 Å². The van der Waals surface area contributed by atoms with Gasteiger partial charge < -0.3 is 10.6 Å². The second kappa shape index (κ2) is 8.48. The smallest absolute Gasteiger partial charge is 0.234 e. The molecule has 2 atom stereocenters. The zero-order valence-electron chi connectivity index (χ0n) is 13.1. The molecule has 0 saturated heterocycles. The van der Waals surface area contributed by atoms with Gasteiger partial charge in [-0.05, 0) is 43.2 Å². The first kappa shape index (κ1) is 18.0. The molecule has 3 nitrogen and oxygen atoms in total. The van der Waals surface area contributed by atoms with Crippen LogP contribution in [0.5, 0.6) is 0 Å². The summed E-state index contributed by atoms with van der Waals surface area (Å²) in [6.07, 6.45) is 0. The van der Waals surface area contributed by atoms with Crippen molar-refractivity contribution in [2.75, 3.05) is 6.54 Å². The Morgan fingerprint density at radius 1 is 1.09 bits per heavy atom. The van der Waals surface area contributed by atoms with Gasteiger partial charge in [0.25, 0.3) is 0 Å². The first-order valence-corrected chi connectivity index (χ1v) is 8.67. The lowest BCUT2D eigenvalue weighted by Crippen LogP contribution is -2.36. The molecule has 0 heterocycles. The predicted molar refractivity (Wildman–Crippen MR) is 98.6 cm³/mol. The molecule has 122 valence electrons. The number of hydrogen-bond donors (Lipinski definition) is 2. The lowest BCUT2D eigenvalue weighted by Gasteiger charge is -2.18. The van der Waals surface area contributed by atoms with E-state index >= 15 is 0 Å². The molecule has 0 aromatic heterocycles. The second-order valence-electron chi connectivity index (χ2n) is 5.46. The van der Waals surface area contributed by atoms with Gasteiger partial charge in [0.1, 0.15) is 0 Å². The topological polar surface area (TPSA) is 41.1 Å². The number of carbonyl (C=O) groups is 1. The van der Waals surface area contributed by atoms with Crippen molar-refractivity contribution in [1.29, 1.82) is 0 Å². The highest BCUT2D eigenvalue weighted by Crippen LogP contribution is 2.22. The first-order valence-electron chi connectivity index (χ1n) is 7.50. The standard InChI is InChI=1S/C18H20BrClN2O/c1-12(14-7-9-15(19)10-8-14)22-18(23)11-21-13(2)16-5-3-4-6-17(16)20/h3-10,12-13,21H,11H2,1-2H3,(H,22,23)/t12-,13-/m1/s1. The maximum atomic E-state index is 12.1. The Labute approximate surface area is 150 Å². The molecule has 2 aromatic rings. The number of benzene rings is 2. The van der Waals surface area contributed by atoms with E-state index in [1.54, 1.807) is 0 Å². The average molecular weight is 396 g/mol. The molecular weight excluding hydrogens is 376 g/mol. The van der Waals surface area contributed by atoms with Gasteiger partial charge in [-0.3, -0.25) is 4.79 Å². The van der Waals surface area contributed by atoms with Crippen molar-refractivity contribution in [3.8, 4) is 0 Å². The first-order chi connectivity index (χ1) is 11.0. The highest BCUT2D eigenvalue weighted by Gasteiger charge is 2.12. The van der Waals surface area contributed by atoms with Crippen molar-refractivity contribution in [3.05, 3.63) is 69.2 Å². The molecule has 0 radical (unpaired) electrons. The number of nitrogens with one attached hydrogen (secondary N) is 2. The zero-order valence-corrected chi connectivity index (χ0v) is 15.5. The van der Waals surface area contributed by atoms with Crippen LogP contribution in [0.25, 0.3) is 0 Å². The van der Waals surface area contributed by atoms with Gasteiger partial charge in [0.15, 0.2) is 0 Å². The Morgan fingerprint density at radius 3 is 2.39 bits per heavy atom. The number of carbonyl (C=O) groups excluding carboxylic acids is 1. The summed E-state index contributed by atoms with van der Waals surface area (Å²) in [7, 11) is 0. The van der Waals surface area contributed by atoms with E-state index in [-0.39, 0.29) is 24.5 Å². The molecule has 2 aromatic carbocycles. The van der Waals surface area contributed by atoms with Crippen LogP contribution in [0.1, 0.15) is 37.1 Å². The number of hydrogen-bond acceptors (Lipinski definition) is 2. The predicted octanol–water partition coefficient (Wildman–Crippen LogP) is 4.63. The molecule has 0 aliphatic rings. The molecule has 0 spiro atoms. The Bertz CT molecular complexity index is 660. The third-order valence-corrected chi connectivity index (χ3v) is 4.56. The van der Waals surface area contributed by atoms with E-state index in [1.165, 1.54) is 0 Å². The van der Waals surface area contributed by atoms with Crippen molar-refractivity contribution < 1.29 is 4.79 Å². The molecule has 0 aliphatic heterocycles. The third kappa shape index (κ3) is 5.34. The quantitative estimate of drug-likeness (QED) is 0.748. The van der Waals surface area contributed by atoms with Crippen LogP contribution >= 0.6 is 27.5 Å². The van der Waals surface area contributed by atoms with E-state index in [9.17, 15) is 4.79 Å². The monoisotopic (exact) mass is 394 g/mol. The fraction of sp³-hybridized carbons (Fsp3) is 0.278. The van der Waals surface area contributed by atoms with Crippen LogP contribution < -0.4 is 10.6 Å². The van der Waals surface area contributed by atoms with Gasteiger partial charge in [-0.2, -0.15) is 0 Å². The van der Waals surface area contributed by atoms with Gasteiger partial charge >= 0.3 is 0 Å². The van der Waals surface area contributed by atoms with Crippen LogP contribution in [-0.4, -0.2) is 12.5 Å². The normalized spacial score (nSPS) is 13.4. The van der Waals surface area contributed by atoms with Crippen LogP contribution in [-0.2, 0) is 4.79 Å². The Morgan fingerprint density at radius 2 is 1.74 bits per heavy atom. The van der Waals surface area contributed by atoms with Crippen molar-refractivity contribution in [2.24, 2.45) is 0 Å². The molecule has 1 amide bonds. The fourth-order valence-corrected chi connectivity index (χ4v) is 2.87. The molecule has 0 unspecified atom stereocenters. The fourth-order valence-electron chi connectivity index (χ4n) is 2.31. The summed E-state index contributed by atoms with van der Waals surface area (Å²) in [5, 5.41) is 6.89. The second-order valence-corrected chi connectivity index (χ2v) is 6.79. The van der Waals surface area contributed by atoms with Gasteiger partial charge in [0.2, 0.25) is 5.91 Å². The van der Waals surface area contributed by atoms with Gasteiger partial charge in [-0.25, -0.2) is 0 Å². The van der Waals surface area contributed by atoms with E-state index in [1.807, 2.05) is 62.4 Å². The summed E-state index contributed by atoms with van der Waals surface area (Å²) < 4.78 is 1.02. The van der Waals surface area contributed by atoms with E-state index in [0.29, 0.717) is 5.02 Å². The molecule has 0 bridgehead atoms. The highest BCUT2D eigenvalue weighted by atomic mass is 79.9. The van der Waals surface area contributed by atoms with E-state index in [2.05, 4.69) is 26.6 Å². The lowest BCUT2D eigenvalue weighted by atomic mass is 10.1. The minimum absolute atomic E-state index is 0.0115. The number of amides is 1. The van der Waals surface area contributed by atoms with Crippen molar-refractivity contribution in [2.45, 2.75) is 25.9 Å². The maximum Gasteiger partial charge on any atom is 0.234 e. The van der Waals surface area contributed by atoms with E-state index in [0.717, 1.165) is 15.6 Å². The molecule has 0 fully saturated rings.